The van der Waals surface area contributed by atoms with Crippen molar-refractivity contribution in [2.45, 2.75) is 46.5 Å². The van der Waals surface area contributed by atoms with Crippen LogP contribution < -0.4 is 5.32 Å². The summed E-state index contributed by atoms with van der Waals surface area (Å²) in [5.74, 6) is -0.201. The van der Waals surface area contributed by atoms with E-state index in [2.05, 4.69) is 27.3 Å². The van der Waals surface area contributed by atoms with Gasteiger partial charge in [-0.25, -0.2) is 0 Å². The molecule has 0 fully saturated rings. The molecule has 0 aliphatic heterocycles. The Balaban J connectivity index is 2.99. The number of hydrogen-bond donors (Lipinski definition) is 1. The van der Waals surface area contributed by atoms with Gasteiger partial charge in [-0.05, 0) is 53.4 Å². The second kappa shape index (κ2) is 7.44. The number of anilines is 1. The van der Waals surface area contributed by atoms with Crippen molar-refractivity contribution in [1.29, 1.82) is 5.26 Å². The Bertz CT molecular complexity index is 514. The van der Waals surface area contributed by atoms with Crippen molar-refractivity contribution < 1.29 is 4.79 Å². The van der Waals surface area contributed by atoms with Crippen LogP contribution in [0.1, 0.15) is 45.1 Å². The summed E-state index contributed by atoms with van der Waals surface area (Å²) < 4.78 is 0.839. The van der Waals surface area contributed by atoms with Crippen LogP contribution in [0.2, 0.25) is 0 Å². The third-order valence-corrected chi connectivity index (χ3v) is 4.03. The quantitative estimate of drug-likeness (QED) is 0.810. The van der Waals surface area contributed by atoms with Crippen LogP contribution in [0, 0.1) is 23.7 Å². The summed E-state index contributed by atoms with van der Waals surface area (Å²) in [7, 11) is 0. The van der Waals surface area contributed by atoms with Crippen molar-refractivity contribution >= 4 is 27.5 Å². The predicted octanol–water partition coefficient (Wildman–Crippen LogP) is 4.81. The van der Waals surface area contributed by atoms with Crippen molar-refractivity contribution in [3.05, 3.63) is 28.2 Å². The first-order valence-electron chi connectivity index (χ1n) is 6.98. The zero-order valence-electron chi connectivity index (χ0n) is 12.3. The van der Waals surface area contributed by atoms with Gasteiger partial charge in [-0.3, -0.25) is 4.79 Å². The van der Waals surface area contributed by atoms with Gasteiger partial charge in [0, 0.05) is 4.47 Å². The van der Waals surface area contributed by atoms with Crippen molar-refractivity contribution in [2.75, 3.05) is 5.32 Å². The summed E-state index contributed by atoms with van der Waals surface area (Å²) in [6, 6.07) is 7.99. The molecule has 1 aromatic rings. The number of nitrogens with zero attached hydrogens (tertiary/aromatic N) is 1. The molecule has 20 heavy (non-hydrogen) atoms. The fourth-order valence-electron chi connectivity index (χ4n) is 2.33. The normalized spacial score (nSPS) is 10.9. The minimum atomic E-state index is -0.923. The summed E-state index contributed by atoms with van der Waals surface area (Å²) >= 11 is 3.44. The summed E-state index contributed by atoms with van der Waals surface area (Å²) in [5.41, 5.74) is 0.907. The number of amides is 1. The highest BCUT2D eigenvalue weighted by molar-refractivity contribution is 9.10. The number of halogens is 1. The van der Waals surface area contributed by atoms with Gasteiger partial charge in [0.05, 0.1) is 11.8 Å². The molecule has 1 rings (SSSR count). The predicted molar refractivity (Wildman–Crippen MR) is 85.4 cm³/mol. The molecule has 0 heterocycles. The number of benzene rings is 1. The number of hydrogen-bond acceptors (Lipinski definition) is 2. The lowest BCUT2D eigenvalue weighted by Gasteiger charge is -2.25. The highest BCUT2D eigenvalue weighted by atomic mass is 79.9. The number of rotatable bonds is 6. The summed E-state index contributed by atoms with van der Waals surface area (Å²) in [6.45, 7) is 5.98. The Labute approximate surface area is 129 Å². The van der Waals surface area contributed by atoms with Gasteiger partial charge in [0.25, 0.3) is 0 Å². The van der Waals surface area contributed by atoms with Crippen LogP contribution in [0.4, 0.5) is 5.69 Å². The first-order chi connectivity index (χ1) is 9.49. The van der Waals surface area contributed by atoms with E-state index in [0.717, 1.165) is 22.9 Å². The van der Waals surface area contributed by atoms with Crippen LogP contribution in [-0.4, -0.2) is 5.91 Å². The molecule has 1 amide bonds. The van der Waals surface area contributed by atoms with Crippen LogP contribution in [0.15, 0.2) is 22.7 Å². The molecule has 108 valence electrons. The minimum Gasteiger partial charge on any atom is -0.324 e. The molecule has 3 nitrogen and oxygen atoms in total. The van der Waals surface area contributed by atoms with Gasteiger partial charge < -0.3 is 5.32 Å². The lowest BCUT2D eigenvalue weighted by molar-refractivity contribution is -0.123. The van der Waals surface area contributed by atoms with Crippen molar-refractivity contribution in [1.82, 2.24) is 0 Å². The number of carbonyl (C=O) groups excluding carboxylic acids is 1. The van der Waals surface area contributed by atoms with E-state index in [4.69, 9.17) is 0 Å². The molecule has 1 N–H and O–H groups in total. The lowest BCUT2D eigenvalue weighted by atomic mass is 9.79. The van der Waals surface area contributed by atoms with Gasteiger partial charge in [0.1, 0.15) is 5.41 Å². The average molecular weight is 337 g/mol. The van der Waals surface area contributed by atoms with Crippen LogP contribution in [0.3, 0.4) is 0 Å². The van der Waals surface area contributed by atoms with Gasteiger partial charge in [-0.2, -0.15) is 5.26 Å². The first kappa shape index (κ1) is 16.7. The smallest absolute Gasteiger partial charge is 0.244 e. The Morgan fingerprint density at radius 3 is 2.40 bits per heavy atom. The number of nitrogens with one attached hydrogen (secondary N) is 1. The van der Waals surface area contributed by atoms with E-state index >= 15 is 0 Å². The highest BCUT2D eigenvalue weighted by Gasteiger charge is 2.37. The number of carbonyl (C=O) groups is 1. The second-order valence-corrected chi connectivity index (χ2v) is 5.99. The summed E-state index contributed by atoms with van der Waals surface area (Å²) in [6.07, 6.45) is 2.81. The number of nitriles is 1. The van der Waals surface area contributed by atoms with E-state index in [9.17, 15) is 10.1 Å². The van der Waals surface area contributed by atoms with E-state index in [1.54, 1.807) is 0 Å². The molecular weight excluding hydrogens is 316 g/mol. The maximum atomic E-state index is 12.5. The highest BCUT2D eigenvalue weighted by Crippen LogP contribution is 2.32. The van der Waals surface area contributed by atoms with Crippen molar-refractivity contribution in [2.24, 2.45) is 5.41 Å². The molecule has 4 heteroatoms. The molecular formula is C16H21BrN2O. The van der Waals surface area contributed by atoms with E-state index in [1.807, 2.05) is 39.0 Å². The monoisotopic (exact) mass is 336 g/mol. The van der Waals surface area contributed by atoms with E-state index in [-0.39, 0.29) is 5.91 Å². The Hall–Kier alpha value is -1.34. The topological polar surface area (TPSA) is 52.9 Å². The second-order valence-electron chi connectivity index (χ2n) is 5.13. The summed E-state index contributed by atoms with van der Waals surface area (Å²) in [5, 5.41) is 12.4. The molecule has 0 unspecified atom stereocenters. The largest absolute Gasteiger partial charge is 0.324 e. The molecule has 0 radical (unpaired) electrons. The fourth-order valence-corrected chi connectivity index (χ4v) is 2.92. The lowest BCUT2D eigenvalue weighted by Crippen LogP contribution is -2.35. The molecule has 1 aromatic carbocycles. The summed E-state index contributed by atoms with van der Waals surface area (Å²) in [4.78, 5) is 12.5. The van der Waals surface area contributed by atoms with Crippen LogP contribution >= 0.6 is 15.9 Å². The molecule has 0 aliphatic rings. The molecule has 0 spiro atoms. The zero-order valence-corrected chi connectivity index (χ0v) is 13.9. The third-order valence-electron chi connectivity index (χ3n) is 3.38. The Kier molecular flexibility index (Phi) is 6.22. The molecule has 0 saturated carbocycles. The Morgan fingerprint density at radius 2 is 1.95 bits per heavy atom. The number of aryl methyl sites for hydroxylation is 1. The Morgan fingerprint density at radius 1 is 1.35 bits per heavy atom. The van der Waals surface area contributed by atoms with Gasteiger partial charge in [-0.1, -0.05) is 32.8 Å². The van der Waals surface area contributed by atoms with Crippen molar-refractivity contribution in [3.8, 4) is 6.07 Å². The standard InChI is InChI=1S/C16H21BrN2O/c1-4-8-16(11-18,9-5-2)15(20)19-14-7-6-12(3)10-13(14)17/h6-7,10H,4-5,8-9H2,1-3H3,(H,19,20). The molecule has 0 bridgehead atoms. The zero-order chi connectivity index (χ0) is 15.2. The van der Waals surface area contributed by atoms with E-state index in [1.165, 1.54) is 0 Å². The average Bonchev–Trinajstić information content (AvgIpc) is 2.41. The van der Waals surface area contributed by atoms with Crippen LogP contribution in [-0.2, 0) is 4.79 Å². The molecule has 0 aliphatic carbocycles. The van der Waals surface area contributed by atoms with Gasteiger partial charge in [-0.15, -0.1) is 0 Å². The molecule has 0 atom stereocenters. The van der Waals surface area contributed by atoms with Gasteiger partial charge in [0.15, 0.2) is 0 Å². The van der Waals surface area contributed by atoms with E-state index < -0.39 is 5.41 Å². The maximum Gasteiger partial charge on any atom is 0.244 e. The van der Waals surface area contributed by atoms with Crippen molar-refractivity contribution in [3.63, 3.8) is 0 Å². The van der Waals surface area contributed by atoms with Gasteiger partial charge in [0.2, 0.25) is 5.91 Å². The van der Waals surface area contributed by atoms with Crippen LogP contribution in [0.5, 0.6) is 0 Å². The third kappa shape index (κ3) is 3.83. The maximum absolute atomic E-state index is 12.5. The van der Waals surface area contributed by atoms with Gasteiger partial charge >= 0.3 is 0 Å². The van der Waals surface area contributed by atoms with E-state index in [0.29, 0.717) is 18.5 Å². The first-order valence-corrected chi connectivity index (χ1v) is 7.77. The molecule has 0 saturated heterocycles. The fraction of sp³-hybridized carbons (Fsp3) is 0.500. The minimum absolute atomic E-state index is 0.201. The SMILES string of the molecule is CCCC(C#N)(CCC)C(=O)Nc1ccc(C)cc1Br. The molecule has 0 aromatic heterocycles. The van der Waals surface area contributed by atoms with Crippen LogP contribution in [0.25, 0.3) is 0 Å².